The van der Waals surface area contributed by atoms with Gasteiger partial charge in [-0.2, -0.15) is 5.10 Å². The number of carbonyl (C=O) groups excluding carboxylic acids is 1. The number of nitrogens with one attached hydrogen (secondary N) is 2. The van der Waals surface area contributed by atoms with Crippen molar-refractivity contribution in [2.45, 2.75) is 31.8 Å². The van der Waals surface area contributed by atoms with Crippen LogP contribution in [0, 0.1) is 0 Å². The first-order valence-electron chi connectivity index (χ1n) is 9.17. The smallest absolute Gasteiger partial charge is 0.324 e. The lowest BCUT2D eigenvalue weighted by atomic mass is 10.0. The number of nitrogens with zero attached hydrogens (tertiary/aromatic N) is 3. The maximum atomic E-state index is 12.3. The van der Waals surface area contributed by atoms with E-state index in [2.05, 4.69) is 27.6 Å². The predicted molar refractivity (Wildman–Crippen MR) is 108 cm³/mol. The van der Waals surface area contributed by atoms with Gasteiger partial charge in [-0.1, -0.05) is 23.7 Å². The third-order valence-corrected chi connectivity index (χ3v) is 5.24. The summed E-state index contributed by atoms with van der Waals surface area (Å²) in [6.07, 6.45) is 3.68. The molecule has 1 aliphatic rings. The first-order valence-corrected chi connectivity index (χ1v) is 9.55. The molecule has 1 aliphatic heterocycles. The van der Waals surface area contributed by atoms with E-state index >= 15 is 0 Å². The van der Waals surface area contributed by atoms with Gasteiger partial charge < -0.3 is 10.1 Å². The zero-order valence-corrected chi connectivity index (χ0v) is 16.4. The summed E-state index contributed by atoms with van der Waals surface area (Å²) in [5.41, 5.74) is 0.572. The zero-order valence-electron chi connectivity index (χ0n) is 15.7. The molecule has 1 aromatic carbocycles. The number of rotatable bonds is 6. The van der Waals surface area contributed by atoms with E-state index in [1.54, 1.807) is 25.4 Å². The standard InChI is InChI=1S/C19H26ClN5O2/c1-14(13-27-2)24-11-8-15(9-12-24)25-18(7-10-21-25)23-19(26)22-17-6-4-3-5-16(17)20/h3-7,10,14-15H,8-9,11-13H2,1-2H3,(H2,22,23,26). The van der Waals surface area contributed by atoms with E-state index in [1.165, 1.54) is 0 Å². The van der Waals surface area contributed by atoms with Crippen LogP contribution in [-0.4, -0.2) is 53.6 Å². The van der Waals surface area contributed by atoms with Crippen molar-refractivity contribution in [1.82, 2.24) is 14.7 Å². The highest BCUT2D eigenvalue weighted by molar-refractivity contribution is 6.33. The molecule has 2 aromatic rings. The van der Waals surface area contributed by atoms with Crippen LogP contribution in [0.15, 0.2) is 36.5 Å². The molecule has 0 spiro atoms. The molecule has 2 N–H and O–H groups in total. The molecule has 7 nitrogen and oxygen atoms in total. The van der Waals surface area contributed by atoms with Gasteiger partial charge in [0.25, 0.3) is 0 Å². The van der Waals surface area contributed by atoms with Crippen molar-refractivity contribution in [3.8, 4) is 0 Å². The summed E-state index contributed by atoms with van der Waals surface area (Å²) in [6, 6.07) is 9.29. The summed E-state index contributed by atoms with van der Waals surface area (Å²) in [5, 5.41) is 10.6. The Kier molecular flexibility index (Phi) is 6.71. The fraction of sp³-hybridized carbons (Fsp3) is 0.474. The molecule has 2 amide bonds. The number of ether oxygens (including phenoxy) is 1. The quantitative estimate of drug-likeness (QED) is 0.784. The second-order valence-electron chi connectivity index (χ2n) is 6.79. The van der Waals surface area contributed by atoms with Gasteiger partial charge in [-0.05, 0) is 31.9 Å². The molecule has 0 bridgehead atoms. The van der Waals surface area contributed by atoms with Gasteiger partial charge in [0.1, 0.15) is 5.82 Å². The molecule has 146 valence electrons. The number of para-hydroxylation sites is 1. The van der Waals surface area contributed by atoms with Crippen LogP contribution < -0.4 is 10.6 Å². The van der Waals surface area contributed by atoms with E-state index in [4.69, 9.17) is 16.3 Å². The Morgan fingerprint density at radius 2 is 2.04 bits per heavy atom. The van der Waals surface area contributed by atoms with Crippen LogP contribution in [0.25, 0.3) is 0 Å². The van der Waals surface area contributed by atoms with Crippen molar-refractivity contribution in [3.05, 3.63) is 41.6 Å². The highest BCUT2D eigenvalue weighted by atomic mass is 35.5. The van der Waals surface area contributed by atoms with Crippen LogP contribution in [0.2, 0.25) is 5.02 Å². The van der Waals surface area contributed by atoms with Crippen LogP contribution in [-0.2, 0) is 4.74 Å². The molecule has 0 saturated carbocycles. The lowest BCUT2D eigenvalue weighted by molar-refractivity contribution is 0.0737. The molecule has 1 atom stereocenters. The molecule has 1 aromatic heterocycles. The van der Waals surface area contributed by atoms with Crippen molar-refractivity contribution >= 4 is 29.1 Å². The molecule has 8 heteroatoms. The summed E-state index contributed by atoms with van der Waals surface area (Å²) in [4.78, 5) is 14.8. The van der Waals surface area contributed by atoms with Gasteiger partial charge in [0, 0.05) is 32.3 Å². The Hall–Kier alpha value is -2.09. The van der Waals surface area contributed by atoms with Crippen molar-refractivity contribution in [1.29, 1.82) is 0 Å². The van der Waals surface area contributed by atoms with E-state index in [-0.39, 0.29) is 12.1 Å². The number of hydrogen-bond donors (Lipinski definition) is 2. The summed E-state index contributed by atoms with van der Waals surface area (Å²) >= 11 is 6.09. The van der Waals surface area contributed by atoms with Gasteiger partial charge >= 0.3 is 6.03 Å². The summed E-state index contributed by atoms with van der Waals surface area (Å²) in [6.45, 7) is 4.89. The largest absolute Gasteiger partial charge is 0.383 e. The SMILES string of the molecule is COCC(C)N1CCC(n2nccc2NC(=O)Nc2ccccc2Cl)CC1. The highest BCUT2D eigenvalue weighted by Gasteiger charge is 2.25. The first-order chi connectivity index (χ1) is 13.1. The Morgan fingerprint density at radius 3 is 2.74 bits per heavy atom. The number of urea groups is 1. The Bertz CT molecular complexity index is 758. The summed E-state index contributed by atoms with van der Waals surface area (Å²) in [5.74, 6) is 0.683. The number of hydrogen-bond acceptors (Lipinski definition) is 4. The summed E-state index contributed by atoms with van der Waals surface area (Å²) < 4.78 is 7.16. The number of methoxy groups -OCH3 is 1. The topological polar surface area (TPSA) is 71.4 Å². The van der Waals surface area contributed by atoms with Crippen LogP contribution >= 0.6 is 11.6 Å². The maximum Gasteiger partial charge on any atom is 0.324 e. The molecular weight excluding hydrogens is 366 g/mol. The normalized spacial score (nSPS) is 16.9. The van der Waals surface area contributed by atoms with Crippen molar-refractivity contribution in [2.24, 2.45) is 0 Å². The van der Waals surface area contributed by atoms with Crippen LogP contribution in [0.3, 0.4) is 0 Å². The average molecular weight is 392 g/mol. The van der Waals surface area contributed by atoms with Gasteiger partial charge in [0.15, 0.2) is 0 Å². The third kappa shape index (κ3) is 5.00. The van der Waals surface area contributed by atoms with E-state index in [1.807, 2.05) is 22.9 Å². The van der Waals surface area contributed by atoms with Gasteiger partial charge in [0.2, 0.25) is 0 Å². The van der Waals surface area contributed by atoms with E-state index in [0.29, 0.717) is 22.6 Å². The first kappa shape index (κ1) is 19.7. The van der Waals surface area contributed by atoms with Gasteiger partial charge in [-0.3, -0.25) is 10.2 Å². The minimum atomic E-state index is -0.337. The number of halogens is 1. The minimum absolute atomic E-state index is 0.265. The Labute approximate surface area is 164 Å². The molecule has 1 unspecified atom stereocenters. The van der Waals surface area contributed by atoms with Gasteiger partial charge in [-0.25, -0.2) is 9.48 Å². The maximum absolute atomic E-state index is 12.3. The minimum Gasteiger partial charge on any atom is -0.383 e. The number of benzene rings is 1. The monoisotopic (exact) mass is 391 g/mol. The molecule has 1 fully saturated rings. The molecule has 0 radical (unpaired) electrons. The highest BCUT2D eigenvalue weighted by Crippen LogP contribution is 2.27. The third-order valence-electron chi connectivity index (χ3n) is 4.91. The molecule has 3 rings (SSSR count). The Morgan fingerprint density at radius 1 is 1.30 bits per heavy atom. The van der Waals surface area contributed by atoms with E-state index in [9.17, 15) is 4.79 Å². The number of anilines is 2. The number of likely N-dealkylation sites (tertiary alicyclic amines) is 1. The van der Waals surface area contributed by atoms with Crippen LogP contribution in [0.4, 0.5) is 16.3 Å². The average Bonchev–Trinajstić information content (AvgIpc) is 3.12. The number of piperidine rings is 1. The van der Waals surface area contributed by atoms with Crippen molar-refractivity contribution < 1.29 is 9.53 Å². The van der Waals surface area contributed by atoms with Crippen LogP contribution in [0.5, 0.6) is 0 Å². The lowest BCUT2D eigenvalue weighted by Gasteiger charge is -2.36. The van der Waals surface area contributed by atoms with Crippen molar-refractivity contribution in [2.75, 3.05) is 37.4 Å². The fourth-order valence-corrected chi connectivity index (χ4v) is 3.64. The zero-order chi connectivity index (χ0) is 19.2. The van der Waals surface area contributed by atoms with Gasteiger partial charge in [-0.15, -0.1) is 0 Å². The number of carbonyl (C=O) groups is 1. The number of amides is 2. The molecule has 27 heavy (non-hydrogen) atoms. The Balaban J connectivity index is 1.58. The number of aromatic nitrogens is 2. The molecule has 0 aliphatic carbocycles. The second-order valence-corrected chi connectivity index (χ2v) is 7.20. The molecule has 1 saturated heterocycles. The lowest BCUT2D eigenvalue weighted by Crippen LogP contribution is -2.42. The van der Waals surface area contributed by atoms with E-state index < -0.39 is 0 Å². The van der Waals surface area contributed by atoms with Gasteiger partial charge in [0.05, 0.1) is 29.6 Å². The van der Waals surface area contributed by atoms with E-state index in [0.717, 1.165) is 32.5 Å². The second kappa shape index (κ2) is 9.21. The molecular formula is C19H26ClN5O2. The van der Waals surface area contributed by atoms with Crippen LogP contribution in [0.1, 0.15) is 25.8 Å². The fourth-order valence-electron chi connectivity index (χ4n) is 3.45. The molecule has 2 heterocycles. The summed E-state index contributed by atoms with van der Waals surface area (Å²) in [7, 11) is 1.73. The van der Waals surface area contributed by atoms with Crippen molar-refractivity contribution in [3.63, 3.8) is 0 Å². The predicted octanol–water partition coefficient (Wildman–Crippen LogP) is 3.85.